The van der Waals surface area contributed by atoms with Gasteiger partial charge in [-0.05, 0) is 45.0 Å². The van der Waals surface area contributed by atoms with Crippen LogP contribution in [0.3, 0.4) is 0 Å². The smallest absolute Gasteiger partial charge is 0.240 e. The number of halogens is 1. The van der Waals surface area contributed by atoms with Gasteiger partial charge in [-0.2, -0.15) is 0 Å². The fourth-order valence-corrected chi connectivity index (χ4v) is 3.94. The Labute approximate surface area is 197 Å². The van der Waals surface area contributed by atoms with E-state index in [0.29, 0.717) is 15.9 Å². The molecular formula is C23H26ClN5O2S. The molecule has 2 aromatic carbocycles. The molecule has 3 rings (SSSR count). The lowest BCUT2D eigenvalue weighted by Gasteiger charge is -2.26. The maximum atomic E-state index is 13.1. The molecule has 7 nitrogen and oxygen atoms in total. The molecule has 0 aliphatic carbocycles. The highest BCUT2D eigenvalue weighted by atomic mass is 35.5. The van der Waals surface area contributed by atoms with Gasteiger partial charge in [0.25, 0.3) is 0 Å². The van der Waals surface area contributed by atoms with Crippen molar-refractivity contribution in [3.05, 3.63) is 59.6 Å². The third-order valence-corrected chi connectivity index (χ3v) is 5.70. The van der Waals surface area contributed by atoms with Crippen molar-refractivity contribution in [3.63, 3.8) is 0 Å². The lowest BCUT2D eigenvalue weighted by Crippen LogP contribution is -2.47. The molecule has 32 heavy (non-hydrogen) atoms. The van der Waals surface area contributed by atoms with E-state index in [2.05, 4.69) is 15.5 Å². The minimum atomic E-state index is -0.396. The third kappa shape index (κ3) is 6.34. The first-order valence-electron chi connectivity index (χ1n) is 10.1. The molecule has 0 radical (unpaired) electrons. The van der Waals surface area contributed by atoms with Crippen molar-refractivity contribution < 1.29 is 9.59 Å². The topological polar surface area (TPSA) is 80.1 Å². The summed E-state index contributed by atoms with van der Waals surface area (Å²) in [4.78, 5) is 27.1. The van der Waals surface area contributed by atoms with Crippen molar-refractivity contribution in [1.82, 2.24) is 20.1 Å². The lowest BCUT2D eigenvalue weighted by molar-refractivity contribution is -0.123. The van der Waals surface area contributed by atoms with E-state index in [-0.39, 0.29) is 24.1 Å². The summed E-state index contributed by atoms with van der Waals surface area (Å²) in [6.45, 7) is 5.60. The monoisotopic (exact) mass is 471 g/mol. The van der Waals surface area contributed by atoms with Crippen LogP contribution in [0.15, 0.2) is 59.8 Å². The molecule has 0 atom stereocenters. The number of carbonyl (C=O) groups is 2. The summed E-state index contributed by atoms with van der Waals surface area (Å²) in [7, 11) is 1.86. The number of benzene rings is 2. The molecule has 0 aliphatic rings. The van der Waals surface area contributed by atoms with E-state index in [1.165, 1.54) is 16.7 Å². The standard InChI is InChI=1S/C23H26ClN5O2S/c1-23(2,3)25-19(30)14-29(18-12-10-17(24)11-13-18)20(31)15-32-22-27-26-21(28(22)4)16-8-6-5-7-9-16/h5-13H,14-15H2,1-4H3,(H,25,30). The SMILES string of the molecule is Cn1c(SCC(=O)N(CC(=O)NC(C)(C)C)c2ccc(Cl)cc2)nnc1-c1ccccc1. The van der Waals surface area contributed by atoms with Crippen molar-refractivity contribution >= 4 is 40.9 Å². The van der Waals surface area contributed by atoms with Gasteiger partial charge in [-0.1, -0.05) is 53.7 Å². The Morgan fingerprint density at radius 1 is 1.06 bits per heavy atom. The molecule has 0 unspecified atom stereocenters. The van der Waals surface area contributed by atoms with Gasteiger partial charge < -0.3 is 14.8 Å². The van der Waals surface area contributed by atoms with Gasteiger partial charge in [-0.3, -0.25) is 9.59 Å². The average molecular weight is 472 g/mol. The fourth-order valence-electron chi connectivity index (χ4n) is 3.03. The Hall–Kier alpha value is -2.84. The quantitative estimate of drug-likeness (QED) is 0.523. The van der Waals surface area contributed by atoms with Crippen molar-refractivity contribution in [2.75, 3.05) is 17.2 Å². The minimum Gasteiger partial charge on any atom is -0.350 e. The van der Waals surface area contributed by atoms with Crippen LogP contribution >= 0.6 is 23.4 Å². The van der Waals surface area contributed by atoms with Crippen LogP contribution in [-0.4, -0.2) is 44.4 Å². The highest BCUT2D eigenvalue weighted by molar-refractivity contribution is 7.99. The molecule has 0 bridgehead atoms. The Balaban J connectivity index is 1.74. The zero-order chi connectivity index (χ0) is 23.3. The van der Waals surface area contributed by atoms with E-state index in [0.717, 1.165) is 11.4 Å². The first kappa shape index (κ1) is 23.8. The Bertz CT molecular complexity index is 1080. The van der Waals surface area contributed by atoms with Crippen LogP contribution in [0.1, 0.15) is 20.8 Å². The van der Waals surface area contributed by atoms with Gasteiger partial charge in [-0.25, -0.2) is 0 Å². The molecule has 0 aliphatic heterocycles. The number of rotatable bonds is 7. The summed E-state index contributed by atoms with van der Waals surface area (Å²) < 4.78 is 1.85. The maximum absolute atomic E-state index is 13.1. The minimum absolute atomic E-state index is 0.0909. The summed E-state index contributed by atoms with van der Waals surface area (Å²) in [5.41, 5.74) is 1.15. The molecule has 1 heterocycles. The summed E-state index contributed by atoms with van der Waals surface area (Å²) >= 11 is 7.27. The lowest BCUT2D eigenvalue weighted by atomic mass is 10.1. The number of hydrogen-bond acceptors (Lipinski definition) is 5. The van der Waals surface area contributed by atoms with Crippen molar-refractivity contribution in [3.8, 4) is 11.4 Å². The molecule has 1 aromatic heterocycles. The Kier molecular flexibility index (Phi) is 7.58. The Morgan fingerprint density at radius 2 is 1.72 bits per heavy atom. The molecule has 2 amide bonds. The highest BCUT2D eigenvalue weighted by Gasteiger charge is 2.23. The van der Waals surface area contributed by atoms with Gasteiger partial charge in [-0.15, -0.1) is 10.2 Å². The van der Waals surface area contributed by atoms with Crippen molar-refractivity contribution in [1.29, 1.82) is 0 Å². The molecule has 0 fully saturated rings. The van der Waals surface area contributed by atoms with E-state index in [1.54, 1.807) is 24.3 Å². The van der Waals surface area contributed by atoms with Gasteiger partial charge in [0.15, 0.2) is 11.0 Å². The first-order chi connectivity index (χ1) is 15.1. The van der Waals surface area contributed by atoms with Gasteiger partial charge in [0.1, 0.15) is 6.54 Å². The number of amides is 2. The predicted molar refractivity (Wildman–Crippen MR) is 129 cm³/mol. The van der Waals surface area contributed by atoms with Crippen LogP contribution in [-0.2, 0) is 16.6 Å². The number of hydrogen-bond donors (Lipinski definition) is 1. The van der Waals surface area contributed by atoms with Crippen LogP contribution in [0.25, 0.3) is 11.4 Å². The first-order valence-corrected chi connectivity index (χ1v) is 11.4. The van der Waals surface area contributed by atoms with Crippen molar-refractivity contribution in [2.24, 2.45) is 7.05 Å². The van der Waals surface area contributed by atoms with Crippen LogP contribution in [0.5, 0.6) is 0 Å². The second kappa shape index (κ2) is 10.2. The number of carbonyl (C=O) groups excluding carboxylic acids is 2. The molecule has 168 valence electrons. The summed E-state index contributed by atoms with van der Waals surface area (Å²) in [5, 5.41) is 12.6. The normalized spacial score (nSPS) is 11.3. The molecular weight excluding hydrogens is 446 g/mol. The predicted octanol–water partition coefficient (Wildman–Crippen LogP) is 4.18. The molecule has 0 saturated carbocycles. The van der Waals surface area contributed by atoms with Crippen LogP contribution < -0.4 is 10.2 Å². The van der Waals surface area contributed by atoms with Gasteiger partial charge >= 0.3 is 0 Å². The van der Waals surface area contributed by atoms with E-state index in [4.69, 9.17) is 11.6 Å². The summed E-state index contributed by atoms with van der Waals surface area (Å²) in [5.74, 6) is 0.368. The average Bonchev–Trinajstić information content (AvgIpc) is 3.11. The van der Waals surface area contributed by atoms with E-state index in [1.807, 2.05) is 62.7 Å². The summed E-state index contributed by atoms with van der Waals surface area (Å²) in [6.07, 6.45) is 0. The number of aromatic nitrogens is 3. The maximum Gasteiger partial charge on any atom is 0.240 e. The van der Waals surface area contributed by atoms with Crippen LogP contribution in [0, 0.1) is 0 Å². The molecule has 3 aromatic rings. The second-order valence-corrected chi connectivity index (χ2v) is 9.65. The molecule has 1 N–H and O–H groups in total. The number of nitrogens with one attached hydrogen (secondary N) is 1. The largest absolute Gasteiger partial charge is 0.350 e. The fraction of sp³-hybridized carbons (Fsp3) is 0.304. The zero-order valence-corrected chi connectivity index (χ0v) is 20.1. The molecule has 0 saturated heterocycles. The van der Waals surface area contributed by atoms with Crippen LogP contribution in [0.4, 0.5) is 5.69 Å². The van der Waals surface area contributed by atoms with Gasteiger partial charge in [0.2, 0.25) is 11.8 Å². The summed E-state index contributed by atoms with van der Waals surface area (Å²) in [6, 6.07) is 16.6. The van der Waals surface area contributed by atoms with E-state index >= 15 is 0 Å². The molecule has 9 heteroatoms. The third-order valence-electron chi connectivity index (χ3n) is 4.45. The highest BCUT2D eigenvalue weighted by Crippen LogP contribution is 2.24. The zero-order valence-electron chi connectivity index (χ0n) is 18.5. The molecule has 0 spiro atoms. The number of anilines is 1. The van der Waals surface area contributed by atoms with Crippen LogP contribution in [0.2, 0.25) is 5.02 Å². The second-order valence-electron chi connectivity index (χ2n) is 8.27. The van der Waals surface area contributed by atoms with E-state index < -0.39 is 5.54 Å². The number of nitrogens with zero attached hydrogens (tertiary/aromatic N) is 4. The number of thioether (sulfide) groups is 1. The van der Waals surface area contributed by atoms with Gasteiger partial charge in [0, 0.05) is 28.9 Å². The van der Waals surface area contributed by atoms with Crippen molar-refractivity contribution in [2.45, 2.75) is 31.5 Å². The van der Waals surface area contributed by atoms with Gasteiger partial charge in [0.05, 0.1) is 5.75 Å². The Morgan fingerprint density at radius 3 is 2.34 bits per heavy atom. The van der Waals surface area contributed by atoms with E-state index in [9.17, 15) is 9.59 Å².